The van der Waals surface area contributed by atoms with E-state index in [2.05, 4.69) is 0 Å². The Bertz CT molecular complexity index is 1720. The SMILES string of the molecule is COc1cc(O)c([C@@H]2O[C@H](COCc3ccccc3)[C@@H](OCc3ccccc3)[C@H](OCc3ccccc3)[C@H]2OCc2ccccc2)c(OC)c1. The molecule has 1 aliphatic heterocycles. The molecular formula is C42H44O8. The highest BCUT2D eigenvalue weighted by molar-refractivity contribution is 5.52. The van der Waals surface area contributed by atoms with Gasteiger partial charge in [0.2, 0.25) is 0 Å². The summed E-state index contributed by atoms with van der Waals surface area (Å²) in [7, 11) is 3.09. The van der Waals surface area contributed by atoms with Gasteiger partial charge < -0.3 is 38.3 Å². The predicted octanol–water partition coefficient (Wildman–Crippen LogP) is 7.82. The lowest BCUT2D eigenvalue weighted by Gasteiger charge is -2.46. The number of rotatable bonds is 16. The molecule has 0 amide bonds. The van der Waals surface area contributed by atoms with Crippen molar-refractivity contribution in [2.24, 2.45) is 0 Å². The Kier molecular flexibility index (Phi) is 12.5. The summed E-state index contributed by atoms with van der Waals surface area (Å²) in [6, 6.07) is 43.2. The molecule has 1 saturated heterocycles. The second-order valence-electron chi connectivity index (χ2n) is 12.1. The molecule has 1 aliphatic rings. The summed E-state index contributed by atoms with van der Waals surface area (Å²) in [6.07, 6.45) is -3.45. The maximum absolute atomic E-state index is 11.5. The lowest BCUT2D eigenvalue weighted by molar-refractivity contribution is -0.275. The zero-order valence-corrected chi connectivity index (χ0v) is 28.4. The number of benzene rings is 5. The van der Waals surface area contributed by atoms with Crippen LogP contribution in [0.25, 0.3) is 0 Å². The average Bonchev–Trinajstić information content (AvgIpc) is 3.17. The summed E-state index contributed by atoms with van der Waals surface area (Å²) in [5.74, 6) is 0.799. The molecule has 6 rings (SSSR count). The number of ether oxygens (including phenoxy) is 7. The van der Waals surface area contributed by atoms with E-state index in [1.807, 2.05) is 121 Å². The second kappa shape index (κ2) is 17.8. The van der Waals surface area contributed by atoms with Crippen molar-refractivity contribution in [1.82, 2.24) is 0 Å². The van der Waals surface area contributed by atoms with Crippen molar-refractivity contribution >= 4 is 0 Å². The van der Waals surface area contributed by atoms with Crippen LogP contribution in [-0.2, 0) is 50.1 Å². The highest BCUT2D eigenvalue weighted by Crippen LogP contribution is 2.46. The Morgan fingerprint density at radius 2 is 1.00 bits per heavy atom. The molecule has 0 bridgehead atoms. The van der Waals surface area contributed by atoms with Gasteiger partial charge in [0.25, 0.3) is 0 Å². The molecule has 8 nitrogen and oxygen atoms in total. The summed E-state index contributed by atoms with van der Waals surface area (Å²) in [4.78, 5) is 0. The van der Waals surface area contributed by atoms with E-state index in [0.717, 1.165) is 22.3 Å². The first-order valence-corrected chi connectivity index (χ1v) is 16.8. The van der Waals surface area contributed by atoms with E-state index < -0.39 is 30.5 Å². The van der Waals surface area contributed by atoms with Crippen LogP contribution in [0.2, 0.25) is 0 Å². The Labute approximate surface area is 294 Å². The summed E-state index contributed by atoms with van der Waals surface area (Å²) < 4.78 is 44.9. The summed E-state index contributed by atoms with van der Waals surface area (Å²) in [6.45, 7) is 1.48. The largest absolute Gasteiger partial charge is 0.507 e. The Hall–Kier alpha value is -4.70. The molecule has 5 atom stereocenters. The average molecular weight is 677 g/mol. The lowest BCUT2D eigenvalue weighted by Crippen LogP contribution is -2.58. The Morgan fingerprint density at radius 3 is 1.48 bits per heavy atom. The highest BCUT2D eigenvalue weighted by atomic mass is 16.6. The number of hydrogen-bond acceptors (Lipinski definition) is 8. The van der Waals surface area contributed by atoms with Crippen LogP contribution in [0.1, 0.15) is 33.9 Å². The van der Waals surface area contributed by atoms with Crippen LogP contribution in [0.15, 0.2) is 133 Å². The van der Waals surface area contributed by atoms with E-state index in [9.17, 15) is 5.11 Å². The molecular weight excluding hydrogens is 632 g/mol. The van der Waals surface area contributed by atoms with Crippen molar-refractivity contribution in [2.75, 3.05) is 20.8 Å². The summed E-state index contributed by atoms with van der Waals surface area (Å²) >= 11 is 0. The molecule has 0 spiro atoms. The van der Waals surface area contributed by atoms with Crippen molar-refractivity contribution < 1.29 is 38.3 Å². The van der Waals surface area contributed by atoms with Crippen LogP contribution in [0.3, 0.4) is 0 Å². The number of hydrogen-bond donors (Lipinski definition) is 1. The minimum absolute atomic E-state index is 0.0473. The van der Waals surface area contributed by atoms with Gasteiger partial charge in [-0.2, -0.15) is 0 Å². The van der Waals surface area contributed by atoms with Crippen LogP contribution in [0.5, 0.6) is 17.2 Å². The summed E-state index contributed by atoms with van der Waals surface area (Å²) in [5.41, 5.74) is 4.46. The van der Waals surface area contributed by atoms with Crippen molar-refractivity contribution in [2.45, 2.75) is 56.9 Å². The second-order valence-corrected chi connectivity index (χ2v) is 12.1. The molecule has 0 radical (unpaired) electrons. The summed E-state index contributed by atoms with van der Waals surface area (Å²) in [5, 5.41) is 11.5. The fourth-order valence-electron chi connectivity index (χ4n) is 6.18. The third-order valence-corrected chi connectivity index (χ3v) is 8.72. The number of aromatic hydroxyl groups is 1. The van der Waals surface area contributed by atoms with Gasteiger partial charge in [0.15, 0.2) is 0 Å². The standard InChI is InChI=1S/C42H44O8/c1-44-34-23-35(43)38(36(24-34)45-2)40-42(49-28-33-21-13-6-14-22-33)41(48-27-32-19-11-5-12-20-32)39(47-26-31-17-9-4-10-18-31)37(50-40)29-46-25-30-15-7-3-8-16-30/h3-24,37,39-43H,25-29H2,1-2H3/t37-,39-,40+,41+,42+/m1/s1. The van der Waals surface area contributed by atoms with Gasteiger partial charge in [-0.05, 0) is 22.3 Å². The van der Waals surface area contributed by atoms with Gasteiger partial charge in [0, 0.05) is 12.1 Å². The van der Waals surface area contributed by atoms with Crippen molar-refractivity contribution in [3.8, 4) is 17.2 Å². The normalized spacial score (nSPS) is 20.3. The van der Waals surface area contributed by atoms with E-state index in [1.165, 1.54) is 0 Å². The third-order valence-electron chi connectivity index (χ3n) is 8.72. The molecule has 0 saturated carbocycles. The highest BCUT2D eigenvalue weighted by Gasteiger charge is 2.50. The first-order valence-electron chi connectivity index (χ1n) is 16.8. The zero-order valence-electron chi connectivity index (χ0n) is 28.4. The number of methoxy groups -OCH3 is 2. The quantitative estimate of drug-likeness (QED) is 0.113. The smallest absolute Gasteiger partial charge is 0.132 e. The van der Waals surface area contributed by atoms with E-state index in [4.69, 9.17) is 33.2 Å². The molecule has 5 aromatic carbocycles. The monoisotopic (exact) mass is 676 g/mol. The number of phenolic OH excluding ortho intramolecular Hbond substituents is 1. The first-order chi connectivity index (χ1) is 24.6. The van der Waals surface area contributed by atoms with Gasteiger partial charge in [-0.25, -0.2) is 0 Å². The van der Waals surface area contributed by atoms with Gasteiger partial charge in [-0.3, -0.25) is 0 Å². The predicted molar refractivity (Wildman–Crippen MR) is 190 cm³/mol. The van der Waals surface area contributed by atoms with Gasteiger partial charge >= 0.3 is 0 Å². The molecule has 260 valence electrons. The number of phenols is 1. The maximum atomic E-state index is 11.5. The van der Waals surface area contributed by atoms with Crippen molar-refractivity contribution in [3.63, 3.8) is 0 Å². The molecule has 1 N–H and O–H groups in total. The third kappa shape index (κ3) is 9.09. The van der Waals surface area contributed by atoms with Gasteiger partial charge in [-0.1, -0.05) is 121 Å². The van der Waals surface area contributed by atoms with Gasteiger partial charge in [0.05, 0.1) is 52.8 Å². The molecule has 1 fully saturated rings. The van der Waals surface area contributed by atoms with Crippen molar-refractivity contribution in [3.05, 3.63) is 161 Å². The molecule has 8 heteroatoms. The van der Waals surface area contributed by atoms with E-state index in [1.54, 1.807) is 26.4 Å². The fourth-order valence-corrected chi connectivity index (χ4v) is 6.18. The minimum Gasteiger partial charge on any atom is -0.507 e. The van der Waals surface area contributed by atoms with Crippen LogP contribution in [0.4, 0.5) is 0 Å². The molecule has 0 unspecified atom stereocenters. The fraction of sp³-hybridized carbons (Fsp3) is 0.286. The zero-order chi connectivity index (χ0) is 34.5. The maximum Gasteiger partial charge on any atom is 0.132 e. The van der Waals surface area contributed by atoms with E-state index >= 15 is 0 Å². The van der Waals surface area contributed by atoms with Crippen LogP contribution < -0.4 is 9.47 Å². The van der Waals surface area contributed by atoms with Crippen LogP contribution >= 0.6 is 0 Å². The van der Waals surface area contributed by atoms with E-state index in [-0.39, 0.29) is 19.0 Å². The van der Waals surface area contributed by atoms with Gasteiger partial charge in [-0.15, -0.1) is 0 Å². The molecule has 5 aromatic rings. The first kappa shape index (κ1) is 35.1. The van der Waals surface area contributed by atoms with E-state index in [0.29, 0.717) is 36.9 Å². The Balaban J connectivity index is 1.40. The minimum atomic E-state index is -0.831. The Morgan fingerprint density at radius 1 is 0.540 bits per heavy atom. The molecule has 0 aliphatic carbocycles. The topological polar surface area (TPSA) is 84.8 Å². The van der Waals surface area contributed by atoms with Crippen molar-refractivity contribution in [1.29, 1.82) is 0 Å². The molecule has 0 aromatic heterocycles. The van der Waals surface area contributed by atoms with Crippen LogP contribution in [0, 0.1) is 0 Å². The lowest BCUT2D eigenvalue weighted by atomic mass is 9.89. The molecule has 1 heterocycles. The van der Waals surface area contributed by atoms with Gasteiger partial charge in [0.1, 0.15) is 47.8 Å². The van der Waals surface area contributed by atoms with Crippen LogP contribution in [-0.4, -0.2) is 50.3 Å². The molecule has 50 heavy (non-hydrogen) atoms.